The van der Waals surface area contributed by atoms with Crippen LogP contribution in [0.3, 0.4) is 0 Å². The summed E-state index contributed by atoms with van der Waals surface area (Å²) in [6.07, 6.45) is 1.47. The zero-order valence-corrected chi connectivity index (χ0v) is 14.6. The van der Waals surface area contributed by atoms with E-state index in [0.29, 0.717) is 27.9 Å². The number of hydrogen-bond donors (Lipinski definition) is 1. The average molecular weight is 409 g/mol. The highest BCUT2D eigenvalue weighted by Crippen LogP contribution is 2.26. The number of carbonyl (C=O) groups excluding carboxylic acids is 1. The summed E-state index contributed by atoms with van der Waals surface area (Å²) in [7, 11) is 0. The average Bonchev–Trinajstić information content (AvgIpc) is 2.54. The van der Waals surface area contributed by atoms with Crippen LogP contribution in [0, 0.1) is 11.3 Å². The van der Waals surface area contributed by atoms with E-state index in [1.807, 2.05) is 12.1 Å². The van der Waals surface area contributed by atoms with Crippen molar-refractivity contribution in [1.29, 1.82) is 5.26 Å². The Morgan fingerprint density at radius 1 is 1.25 bits per heavy atom. The Balaban J connectivity index is 2.11. The zero-order chi connectivity index (χ0) is 17.5. The smallest absolute Gasteiger partial charge is 0.288 e. The molecule has 0 aliphatic heterocycles. The molecule has 2 aromatic rings. The maximum atomic E-state index is 12.3. The lowest BCUT2D eigenvalue weighted by molar-refractivity contribution is -0.112. The largest absolute Gasteiger partial charge is 0.321 e. The first-order chi connectivity index (χ1) is 11.5. The fourth-order valence-electron chi connectivity index (χ4n) is 1.83. The molecular weight excluding hydrogens is 398 g/mol. The van der Waals surface area contributed by atoms with E-state index in [4.69, 9.17) is 0 Å². The molecule has 1 N–H and O–H groups in total. The van der Waals surface area contributed by atoms with Crippen molar-refractivity contribution in [1.82, 2.24) is 0 Å². The second-order valence-electron chi connectivity index (χ2n) is 4.58. The van der Waals surface area contributed by atoms with E-state index in [2.05, 4.69) is 21.2 Å². The van der Waals surface area contributed by atoms with Gasteiger partial charge in [-0.3, -0.25) is 4.79 Å². The van der Waals surface area contributed by atoms with Crippen LogP contribution in [-0.4, -0.2) is 11.7 Å². The van der Waals surface area contributed by atoms with Crippen molar-refractivity contribution in [3.63, 3.8) is 0 Å². The quantitative estimate of drug-likeness (QED) is 0.414. The van der Waals surface area contributed by atoms with E-state index in [1.54, 1.807) is 18.2 Å². The Bertz CT molecular complexity index is 801. The molecule has 2 rings (SSSR count). The van der Waals surface area contributed by atoms with Crippen molar-refractivity contribution >= 4 is 45.4 Å². The fraction of sp³-hybridized carbons (Fsp3) is 0.0588. The number of amides is 1. The van der Waals surface area contributed by atoms with Crippen molar-refractivity contribution in [2.24, 2.45) is 0 Å². The molecule has 0 unspecified atom stereocenters. The normalized spacial score (nSPS) is 11.2. The van der Waals surface area contributed by atoms with Crippen LogP contribution in [0.25, 0.3) is 6.08 Å². The van der Waals surface area contributed by atoms with E-state index in [9.17, 15) is 18.8 Å². The predicted molar refractivity (Wildman–Crippen MR) is 94.7 cm³/mol. The summed E-state index contributed by atoms with van der Waals surface area (Å²) in [4.78, 5) is 12.6. The molecular formula is C17H11BrF2N2OS. The first kappa shape index (κ1) is 18.2. The zero-order valence-electron chi connectivity index (χ0n) is 12.2. The second-order valence-corrected chi connectivity index (χ2v) is 6.56. The third kappa shape index (κ3) is 5.48. The van der Waals surface area contributed by atoms with Crippen molar-refractivity contribution in [3.05, 3.63) is 64.1 Å². The van der Waals surface area contributed by atoms with Gasteiger partial charge in [0, 0.05) is 15.1 Å². The number of nitrogens with one attached hydrogen (secondary N) is 1. The van der Waals surface area contributed by atoms with Crippen LogP contribution in [0.4, 0.5) is 14.5 Å². The monoisotopic (exact) mass is 408 g/mol. The molecule has 3 nitrogen and oxygen atoms in total. The molecule has 0 atom stereocenters. The highest BCUT2D eigenvalue weighted by molar-refractivity contribution is 9.10. The number of thioether (sulfide) groups is 1. The minimum Gasteiger partial charge on any atom is -0.321 e. The van der Waals surface area contributed by atoms with Crippen LogP contribution in [0.15, 0.2) is 63.5 Å². The van der Waals surface area contributed by atoms with Gasteiger partial charge in [-0.1, -0.05) is 39.8 Å². The molecule has 0 fully saturated rings. The van der Waals surface area contributed by atoms with Gasteiger partial charge in [0.25, 0.3) is 11.7 Å². The molecule has 0 saturated carbocycles. The van der Waals surface area contributed by atoms with Gasteiger partial charge in [0.1, 0.15) is 11.6 Å². The van der Waals surface area contributed by atoms with Crippen molar-refractivity contribution in [3.8, 4) is 6.07 Å². The van der Waals surface area contributed by atoms with Gasteiger partial charge >= 0.3 is 0 Å². The van der Waals surface area contributed by atoms with Crippen molar-refractivity contribution in [2.45, 2.75) is 10.7 Å². The summed E-state index contributed by atoms with van der Waals surface area (Å²) >= 11 is 3.75. The van der Waals surface area contributed by atoms with Gasteiger partial charge in [0.05, 0.1) is 0 Å². The highest BCUT2D eigenvalue weighted by atomic mass is 79.9. The molecule has 0 saturated heterocycles. The summed E-state index contributed by atoms with van der Waals surface area (Å²) in [5, 5.41) is 11.7. The topological polar surface area (TPSA) is 52.9 Å². The molecule has 0 aromatic heterocycles. The van der Waals surface area contributed by atoms with Gasteiger partial charge in [0.15, 0.2) is 0 Å². The molecule has 0 spiro atoms. The number of carbonyl (C=O) groups is 1. The first-order valence-corrected chi connectivity index (χ1v) is 8.39. The third-order valence-electron chi connectivity index (χ3n) is 2.86. The molecule has 0 bridgehead atoms. The van der Waals surface area contributed by atoms with E-state index >= 15 is 0 Å². The first-order valence-electron chi connectivity index (χ1n) is 6.71. The number of nitrogens with zero attached hydrogens (tertiary/aromatic N) is 1. The lowest BCUT2D eigenvalue weighted by atomic mass is 10.1. The van der Waals surface area contributed by atoms with Crippen molar-refractivity contribution in [2.75, 3.05) is 5.32 Å². The molecule has 0 radical (unpaired) electrons. The van der Waals surface area contributed by atoms with Crippen molar-refractivity contribution < 1.29 is 13.6 Å². The van der Waals surface area contributed by atoms with Crippen LogP contribution in [0.1, 0.15) is 5.56 Å². The van der Waals surface area contributed by atoms with Gasteiger partial charge in [0.2, 0.25) is 0 Å². The molecule has 122 valence electrons. The van der Waals surface area contributed by atoms with Gasteiger partial charge in [-0.25, -0.2) is 0 Å². The van der Waals surface area contributed by atoms with Crippen LogP contribution in [-0.2, 0) is 4.79 Å². The van der Waals surface area contributed by atoms with E-state index in [-0.39, 0.29) is 5.57 Å². The minimum atomic E-state index is -2.50. The number of hydrogen-bond acceptors (Lipinski definition) is 3. The lowest BCUT2D eigenvalue weighted by Crippen LogP contribution is -2.13. The highest BCUT2D eigenvalue weighted by Gasteiger charge is 2.10. The summed E-state index contributed by atoms with van der Waals surface area (Å²) in [5.74, 6) is -3.06. The summed E-state index contributed by atoms with van der Waals surface area (Å²) < 4.78 is 25.4. The van der Waals surface area contributed by atoms with Gasteiger partial charge in [-0.2, -0.15) is 14.0 Å². The van der Waals surface area contributed by atoms with E-state index in [0.717, 1.165) is 4.47 Å². The molecule has 0 aliphatic carbocycles. The Hall–Kier alpha value is -2.17. The summed E-state index contributed by atoms with van der Waals surface area (Å²) in [6, 6.07) is 15.0. The standard InChI is InChI=1S/C17H11BrF2N2OS/c18-13-3-1-2-11(9-13)8-12(10-21)16(23)22-14-4-6-15(7-5-14)24-17(19)20/h1-9,17H,(H,22,23). The Labute approximate surface area is 150 Å². The van der Waals surface area contributed by atoms with Gasteiger partial charge in [-0.15, -0.1) is 0 Å². The number of benzene rings is 2. The molecule has 7 heteroatoms. The van der Waals surface area contributed by atoms with Crippen LogP contribution < -0.4 is 5.32 Å². The maximum absolute atomic E-state index is 12.3. The summed E-state index contributed by atoms with van der Waals surface area (Å²) in [5.41, 5.74) is 1.08. The Kier molecular flexibility index (Phi) is 6.53. The Morgan fingerprint density at radius 3 is 2.54 bits per heavy atom. The molecule has 0 aliphatic rings. The van der Waals surface area contributed by atoms with Crippen LogP contribution in [0.5, 0.6) is 0 Å². The number of halogens is 3. The van der Waals surface area contributed by atoms with Gasteiger partial charge < -0.3 is 5.32 Å². The molecule has 0 heterocycles. The third-order valence-corrected chi connectivity index (χ3v) is 4.08. The number of anilines is 1. The van der Waals surface area contributed by atoms with E-state index in [1.165, 1.54) is 30.3 Å². The predicted octanol–water partition coefficient (Wildman–Crippen LogP) is 5.31. The van der Waals surface area contributed by atoms with E-state index < -0.39 is 11.7 Å². The molecule has 1 amide bonds. The number of rotatable bonds is 5. The Morgan fingerprint density at radius 2 is 1.96 bits per heavy atom. The molecule has 2 aromatic carbocycles. The SMILES string of the molecule is N#CC(=Cc1cccc(Br)c1)C(=O)Nc1ccc(SC(F)F)cc1. The van der Waals surface area contributed by atoms with Crippen LogP contribution >= 0.6 is 27.7 Å². The summed E-state index contributed by atoms with van der Waals surface area (Å²) in [6.45, 7) is 0. The second kappa shape index (κ2) is 8.62. The van der Waals surface area contributed by atoms with Crippen LogP contribution in [0.2, 0.25) is 0 Å². The minimum absolute atomic E-state index is 0.0564. The van der Waals surface area contributed by atoms with Gasteiger partial charge in [-0.05, 0) is 48.0 Å². The number of alkyl halides is 2. The maximum Gasteiger partial charge on any atom is 0.288 e. The molecule has 24 heavy (non-hydrogen) atoms. The lowest BCUT2D eigenvalue weighted by Gasteiger charge is -2.06. The fourth-order valence-corrected chi connectivity index (χ4v) is 2.75. The number of nitriles is 1.